The Hall–Kier alpha value is -0.280. The molecule has 4 heteroatoms. The van der Waals surface area contributed by atoms with E-state index in [1.165, 1.54) is 0 Å². The normalized spacial score (nSPS) is 27.0. The highest BCUT2D eigenvalue weighted by atomic mass is 35.5. The molecule has 3 atom stereocenters. The second kappa shape index (κ2) is 4.92. The lowest BCUT2D eigenvalue weighted by Gasteiger charge is -2.22. The quantitative estimate of drug-likeness (QED) is 0.856. The molecule has 0 amide bonds. The molecule has 2 N–H and O–H groups in total. The van der Waals surface area contributed by atoms with Crippen molar-refractivity contribution in [3.63, 3.8) is 0 Å². The number of aliphatic hydroxyl groups is 1. The summed E-state index contributed by atoms with van der Waals surface area (Å²) in [6.07, 6.45) is -0.327. The lowest BCUT2D eigenvalue weighted by atomic mass is 9.86. The Labute approximate surface area is 106 Å². The van der Waals surface area contributed by atoms with Crippen LogP contribution in [0.5, 0.6) is 0 Å². The minimum atomic E-state index is -0.327. The van der Waals surface area contributed by atoms with Crippen LogP contribution in [0, 0.1) is 5.92 Å². The molecule has 2 nitrogen and oxygen atoms in total. The molecule has 0 radical (unpaired) electrons. The Balaban J connectivity index is 2.29. The maximum absolute atomic E-state index is 9.72. The molecule has 0 aliphatic carbocycles. The highest BCUT2D eigenvalue weighted by Crippen LogP contribution is 2.35. The maximum Gasteiger partial charge on any atom is 0.0558 e. The Morgan fingerprint density at radius 2 is 2.12 bits per heavy atom. The van der Waals surface area contributed by atoms with Crippen LogP contribution in [0.25, 0.3) is 0 Å². The summed E-state index contributed by atoms with van der Waals surface area (Å²) in [6.45, 7) is 3.52. The van der Waals surface area contributed by atoms with Gasteiger partial charge in [0, 0.05) is 35.0 Å². The average Bonchev–Trinajstić information content (AvgIpc) is 2.66. The van der Waals surface area contributed by atoms with Crippen LogP contribution in [0.2, 0.25) is 10.0 Å². The smallest absolute Gasteiger partial charge is 0.0558 e. The van der Waals surface area contributed by atoms with Gasteiger partial charge in [0.05, 0.1) is 6.10 Å². The van der Waals surface area contributed by atoms with Crippen molar-refractivity contribution in [3.05, 3.63) is 33.8 Å². The fraction of sp³-hybridized carbons (Fsp3) is 0.500. The van der Waals surface area contributed by atoms with Crippen molar-refractivity contribution in [2.75, 3.05) is 13.1 Å². The third-order valence-electron chi connectivity index (χ3n) is 3.24. The molecule has 0 aromatic heterocycles. The molecule has 0 saturated carbocycles. The van der Waals surface area contributed by atoms with Gasteiger partial charge in [0.2, 0.25) is 0 Å². The largest absolute Gasteiger partial charge is 0.393 e. The van der Waals surface area contributed by atoms with Crippen molar-refractivity contribution >= 4 is 23.2 Å². The minimum Gasteiger partial charge on any atom is -0.393 e. The molecular formula is C12H15Cl2NO. The van der Waals surface area contributed by atoms with E-state index in [4.69, 9.17) is 23.2 Å². The first-order valence-corrected chi connectivity index (χ1v) is 6.19. The molecule has 1 aliphatic rings. The second-order valence-corrected chi connectivity index (χ2v) is 5.18. The summed E-state index contributed by atoms with van der Waals surface area (Å²) in [7, 11) is 0. The Morgan fingerprint density at radius 3 is 2.75 bits per heavy atom. The topological polar surface area (TPSA) is 32.3 Å². The van der Waals surface area contributed by atoms with E-state index in [1.54, 1.807) is 6.07 Å². The summed E-state index contributed by atoms with van der Waals surface area (Å²) in [5.74, 6) is 0.489. The van der Waals surface area contributed by atoms with E-state index in [-0.39, 0.29) is 17.9 Å². The molecule has 0 unspecified atom stereocenters. The molecule has 2 rings (SSSR count). The fourth-order valence-corrected chi connectivity index (χ4v) is 2.90. The van der Waals surface area contributed by atoms with Crippen LogP contribution in [-0.4, -0.2) is 24.3 Å². The van der Waals surface area contributed by atoms with Crippen LogP contribution in [0.1, 0.15) is 18.4 Å². The van der Waals surface area contributed by atoms with Crippen LogP contribution in [0.15, 0.2) is 18.2 Å². The molecule has 1 fully saturated rings. The summed E-state index contributed by atoms with van der Waals surface area (Å²) in [5, 5.41) is 14.3. The van der Waals surface area contributed by atoms with Crippen LogP contribution >= 0.6 is 23.2 Å². The summed E-state index contributed by atoms with van der Waals surface area (Å²) < 4.78 is 0. The van der Waals surface area contributed by atoms with Gasteiger partial charge in [-0.15, -0.1) is 0 Å². The molecule has 1 aromatic rings. The van der Waals surface area contributed by atoms with E-state index in [2.05, 4.69) is 5.32 Å². The number of hydrogen-bond acceptors (Lipinski definition) is 2. The monoisotopic (exact) mass is 259 g/mol. The van der Waals surface area contributed by atoms with Crippen molar-refractivity contribution in [1.82, 2.24) is 5.32 Å². The standard InChI is InChI=1S/C12H15Cl2NO/c1-7(16)10-5-15-6-11(10)9-3-2-8(13)4-12(9)14/h2-4,7,10-11,15-16H,5-6H2,1H3/t7-,10+,11-/m1/s1. The van der Waals surface area contributed by atoms with Crippen LogP contribution in [0.3, 0.4) is 0 Å². The van der Waals surface area contributed by atoms with Crippen molar-refractivity contribution in [1.29, 1.82) is 0 Å². The first-order valence-electron chi connectivity index (χ1n) is 5.43. The fourth-order valence-electron chi connectivity index (χ4n) is 2.35. The minimum absolute atomic E-state index is 0.221. The first-order chi connectivity index (χ1) is 7.59. The van der Waals surface area contributed by atoms with Gasteiger partial charge in [-0.25, -0.2) is 0 Å². The Bertz CT molecular complexity index is 381. The predicted molar refractivity (Wildman–Crippen MR) is 67.2 cm³/mol. The van der Waals surface area contributed by atoms with Gasteiger partial charge in [0.15, 0.2) is 0 Å². The number of benzene rings is 1. The highest BCUT2D eigenvalue weighted by molar-refractivity contribution is 6.35. The molecular weight excluding hydrogens is 245 g/mol. The van der Waals surface area contributed by atoms with E-state index in [0.29, 0.717) is 10.0 Å². The van der Waals surface area contributed by atoms with Gasteiger partial charge in [-0.05, 0) is 24.6 Å². The number of halogens is 2. The van der Waals surface area contributed by atoms with Gasteiger partial charge in [-0.3, -0.25) is 0 Å². The van der Waals surface area contributed by atoms with E-state index in [1.807, 2.05) is 19.1 Å². The van der Waals surface area contributed by atoms with Gasteiger partial charge in [-0.2, -0.15) is 0 Å². The zero-order valence-electron chi connectivity index (χ0n) is 9.08. The van der Waals surface area contributed by atoms with Crippen LogP contribution in [0.4, 0.5) is 0 Å². The van der Waals surface area contributed by atoms with E-state index < -0.39 is 0 Å². The van der Waals surface area contributed by atoms with Crippen molar-refractivity contribution in [2.24, 2.45) is 5.92 Å². The van der Waals surface area contributed by atoms with Crippen molar-refractivity contribution in [3.8, 4) is 0 Å². The molecule has 16 heavy (non-hydrogen) atoms. The third kappa shape index (κ3) is 2.35. The summed E-state index contributed by atoms with van der Waals surface area (Å²) in [6, 6.07) is 5.56. The average molecular weight is 260 g/mol. The molecule has 1 aromatic carbocycles. The van der Waals surface area contributed by atoms with E-state index in [9.17, 15) is 5.11 Å². The number of aliphatic hydroxyl groups excluding tert-OH is 1. The van der Waals surface area contributed by atoms with Crippen molar-refractivity contribution < 1.29 is 5.11 Å². The summed E-state index contributed by atoms with van der Waals surface area (Å²) >= 11 is 12.1. The summed E-state index contributed by atoms with van der Waals surface area (Å²) in [5.41, 5.74) is 1.07. The van der Waals surface area contributed by atoms with Gasteiger partial charge >= 0.3 is 0 Å². The Kier molecular flexibility index (Phi) is 3.75. The van der Waals surface area contributed by atoms with Gasteiger partial charge in [0.25, 0.3) is 0 Å². The lowest BCUT2D eigenvalue weighted by molar-refractivity contribution is 0.127. The zero-order valence-corrected chi connectivity index (χ0v) is 10.6. The second-order valence-electron chi connectivity index (χ2n) is 4.34. The van der Waals surface area contributed by atoms with Gasteiger partial charge in [0.1, 0.15) is 0 Å². The zero-order chi connectivity index (χ0) is 11.7. The predicted octanol–water partition coefficient (Wildman–Crippen LogP) is 2.68. The van der Waals surface area contributed by atoms with Crippen LogP contribution < -0.4 is 5.32 Å². The third-order valence-corrected chi connectivity index (χ3v) is 3.81. The van der Waals surface area contributed by atoms with E-state index in [0.717, 1.165) is 18.7 Å². The molecule has 0 bridgehead atoms. The maximum atomic E-state index is 9.72. The van der Waals surface area contributed by atoms with Crippen LogP contribution in [-0.2, 0) is 0 Å². The number of rotatable bonds is 2. The van der Waals surface area contributed by atoms with Gasteiger partial charge in [-0.1, -0.05) is 29.3 Å². The SMILES string of the molecule is C[C@@H](O)[C@@H]1CNC[C@@H]1c1ccc(Cl)cc1Cl. The lowest BCUT2D eigenvalue weighted by Crippen LogP contribution is -2.23. The molecule has 1 aliphatic heterocycles. The Morgan fingerprint density at radius 1 is 1.38 bits per heavy atom. The first kappa shape index (κ1) is 12.2. The van der Waals surface area contributed by atoms with Gasteiger partial charge < -0.3 is 10.4 Å². The summed E-state index contributed by atoms with van der Waals surface area (Å²) in [4.78, 5) is 0. The molecule has 88 valence electrons. The van der Waals surface area contributed by atoms with E-state index >= 15 is 0 Å². The highest BCUT2D eigenvalue weighted by Gasteiger charge is 2.32. The number of hydrogen-bond donors (Lipinski definition) is 2. The van der Waals surface area contributed by atoms with Crippen molar-refractivity contribution in [2.45, 2.75) is 18.9 Å². The molecule has 1 saturated heterocycles. The molecule has 1 heterocycles. The number of nitrogens with one attached hydrogen (secondary N) is 1. The molecule has 0 spiro atoms.